The largest absolute Gasteiger partial charge is 0.497 e. The van der Waals surface area contributed by atoms with E-state index < -0.39 is 36.1 Å². The molecule has 3 aromatic carbocycles. The summed E-state index contributed by atoms with van der Waals surface area (Å²) in [4.78, 5) is 28.6. The summed E-state index contributed by atoms with van der Waals surface area (Å²) in [5, 5.41) is 6.00. The van der Waals surface area contributed by atoms with Crippen molar-refractivity contribution in [2.45, 2.75) is 18.6 Å². The van der Waals surface area contributed by atoms with E-state index in [4.69, 9.17) is 28.8 Å². The van der Waals surface area contributed by atoms with Gasteiger partial charge in [0.25, 0.3) is 11.8 Å². The molecule has 0 aromatic heterocycles. The summed E-state index contributed by atoms with van der Waals surface area (Å²) >= 11 is 0. The number of hydrazone groups is 1. The van der Waals surface area contributed by atoms with Gasteiger partial charge in [-0.05, 0) is 54.1 Å². The van der Waals surface area contributed by atoms with Crippen molar-refractivity contribution in [1.82, 2.24) is 9.91 Å². The Morgan fingerprint density at radius 2 is 1.56 bits per heavy atom. The number of benzene rings is 3. The van der Waals surface area contributed by atoms with Gasteiger partial charge >= 0.3 is 6.18 Å². The highest BCUT2D eigenvalue weighted by atomic mass is 19.4. The molecule has 0 saturated heterocycles. The molecule has 0 spiro atoms. The van der Waals surface area contributed by atoms with E-state index in [9.17, 15) is 22.8 Å². The van der Waals surface area contributed by atoms with E-state index in [1.54, 1.807) is 36.4 Å². The van der Waals surface area contributed by atoms with E-state index >= 15 is 0 Å². The molecule has 0 bridgehead atoms. The molecule has 10 nitrogen and oxygen atoms in total. The van der Waals surface area contributed by atoms with Gasteiger partial charge in [0.2, 0.25) is 0 Å². The monoisotopic (exact) mass is 629 g/mol. The molecule has 0 N–H and O–H groups in total. The van der Waals surface area contributed by atoms with Crippen LogP contribution in [0.5, 0.6) is 23.0 Å². The van der Waals surface area contributed by atoms with E-state index in [1.165, 1.54) is 45.5 Å². The Bertz CT molecular complexity index is 1540. The van der Waals surface area contributed by atoms with Gasteiger partial charge in [-0.3, -0.25) is 9.59 Å². The number of ether oxygens (including phenoxy) is 5. The van der Waals surface area contributed by atoms with Gasteiger partial charge in [-0.25, -0.2) is 5.01 Å². The molecule has 45 heavy (non-hydrogen) atoms. The predicted octanol–water partition coefficient (Wildman–Crippen LogP) is 5.21. The smallest absolute Gasteiger partial charge is 0.416 e. The Balaban J connectivity index is 1.70. The summed E-state index contributed by atoms with van der Waals surface area (Å²) in [6.45, 7) is -0.306. The number of hydrogen-bond acceptors (Lipinski definition) is 8. The van der Waals surface area contributed by atoms with Crippen LogP contribution in [0.15, 0.2) is 65.8 Å². The Kier molecular flexibility index (Phi) is 10.6. The van der Waals surface area contributed by atoms with Gasteiger partial charge in [-0.2, -0.15) is 18.3 Å². The number of alkyl halides is 3. The average molecular weight is 630 g/mol. The van der Waals surface area contributed by atoms with Gasteiger partial charge in [0, 0.05) is 37.3 Å². The normalized spacial score (nSPS) is 14.5. The van der Waals surface area contributed by atoms with Crippen LogP contribution in [0.1, 0.15) is 39.5 Å². The number of halogens is 3. The van der Waals surface area contributed by atoms with Crippen molar-refractivity contribution in [1.29, 1.82) is 0 Å². The molecule has 0 saturated carbocycles. The van der Waals surface area contributed by atoms with Crippen molar-refractivity contribution in [2.75, 3.05) is 55.2 Å². The lowest BCUT2D eigenvalue weighted by molar-refractivity contribution is -0.137. The van der Waals surface area contributed by atoms with E-state index in [1.807, 2.05) is 0 Å². The lowest BCUT2D eigenvalue weighted by atomic mass is 9.97. The summed E-state index contributed by atoms with van der Waals surface area (Å²) in [5.74, 6) is 0.882. The topological polar surface area (TPSA) is 99.1 Å². The maximum Gasteiger partial charge on any atom is 0.416 e. The number of carbonyl (C=O) groups excluding carboxylic acids is 2. The first-order valence-electron chi connectivity index (χ1n) is 13.8. The average Bonchev–Trinajstić information content (AvgIpc) is 3.50. The number of methoxy groups -OCH3 is 5. The first kappa shape index (κ1) is 33.1. The summed E-state index contributed by atoms with van der Waals surface area (Å²) in [7, 11) is 7.51. The quantitative estimate of drug-likeness (QED) is 0.272. The SMILES string of the molecule is COCCN(CC(=O)N1N=C(c2ccc(OC)cc2OC)C[C@@H]1c1ccc(OC)c(OC)c1)C(=O)c1ccc(C(F)(F)F)cc1. The number of carbonyl (C=O) groups is 2. The molecule has 1 heterocycles. The molecule has 0 radical (unpaired) electrons. The van der Waals surface area contributed by atoms with Crippen LogP contribution in [0.4, 0.5) is 13.2 Å². The van der Waals surface area contributed by atoms with Crippen molar-refractivity contribution in [3.8, 4) is 23.0 Å². The van der Waals surface area contributed by atoms with Crippen LogP contribution in [0.3, 0.4) is 0 Å². The minimum absolute atomic E-state index is 0.00285. The predicted molar refractivity (Wildman–Crippen MR) is 159 cm³/mol. The number of nitrogens with zero attached hydrogens (tertiary/aromatic N) is 3. The summed E-state index contributed by atoms with van der Waals surface area (Å²) in [6, 6.07) is 13.8. The van der Waals surface area contributed by atoms with Crippen LogP contribution in [-0.4, -0.2) is 82.7 Å². The number of hydrogen-bond donors (Lipinski definition) is 0. The summed E-state index contributed by atoms with van der Waals surface area (Å²) in [6.07, 6.45) is -4.25. The van der Waals surface area contributed by atoms with Crippen LogP contribution in [-0.2, 0) is 15.7 Å². The lowest BCUT2D eigenvalue weighted by Gasteiger charge is -2.27. The summed E-state index contributed by atoms with van der Waals surface area (Å²) < 4.78 is 66.2. The number of rotatable bonds is 12. The van der Waals surface area contributed by atoms with Crippen molar-refractivity contribution in [3.63, 3.8) is 0 Å². The zero-order valence-electron chi connectivity index (χ0n) is 25.5. The standard InChI is InChI=1S/C32H34F3N3O7/c1-41-15-14-37(31(40)20-6-9-22(10-7-20)32(33,34)35)19-30(39)38-26(21-8-13-27(43-3)29(16-21)45-5)18-25(36-38)24-12-11-23(42-2)17-28(24)44-4/h6-13,16-17,26H,14-15,18-19H2,1-5H3/t26-/m1/s1. The molecule has 0 fully saturated rings. The van der Waals surface area contributed by atoms with Crippen LogP contribution < -0.4 is 18.9 Å². The lowest BCUT2D eigenvalue weighted by Crippen LogP contribution is -2.42. The highest BCUT2D eigenvalue weighted by Gasteiger charge is 2.36. The van der Waals surface area contributed by atoms with Gasteiger partial charge in [-0.1, -0.05) is 6.07 Å². The Hall–Kier alpha value is -4.78. The molecular formula is C32H34F3N3O7. The third-order valence-electron chi connectivity index (χ3n) is 7.32. The van der Waals surface area contributed by atoms with Crippen LogP contribution in [0, 0.1) is 0 Å². The van der Waals surface area contributed by atoms with Crippen LogP contribution >= 0.6 is 0 Å². The van der Waals surface area contributed by atoms with E-state index in [2.05, 4.69) is 0 Å². The van der Waals surface area contributed by atoms with Gasteiger partial charge in [0.1, 0.15) is 18.0 Å². The minimum Gasteiger partial charge on any atom is -0.497 e. The maximum atomic E-state index is 14.0. The Labute approximate surface area is 258 Å². The third-order valence-corrected chi connectivity index (χ3v) is 7.32. The number of amides is 2. The molecule has 0 aliphatic carbocycles. The molecule has 0 unspecified atom stereocenters. The van der Waals surface area contributed by atoms with Crippen LogP contribution in [0.25, 0.3) is 0 Å². The van der Waals surface area contributed by atoms with Gasteiger partial charge in [0.15, 0.2) is 11.5 Å². The first-order chi connectivity index (χ1) is 21.5. The molecule has 2 amide bonds. The Morgan fingerprint density at radius 1 is 0.867 bits per heavy atom. The molecule has 1 atom stereocenters. The summed E-state index contributed by atoms with van der Waals surface area (Å²) in [5.41, 5.74) is 1.02. The molecule has 1 aliphatic heterocycles. The molecular weight excluding hydrogens is 595 g/mol. The molecule has 1 aliphatic rings. The van der Waals surface area contributed by atoms with Crippen LogP contribution in [0.2, 0.25) is 0 Å². The Morgan fingerprint density at radius 3 is 2.16 bits per heavy atom. The highest BCUT2D eigenvalue weighted by Crippen LogP contribution is 2.39. The van der Waals surface area contributed by atoms with E-state index in [0.717, 1.165) is 24.3 Å². The first-order valence-corrected chi connectivity index (χ1v) is 13.8. The van der Waals surface area contributed by atoms with E-state index in [0.29, 0.717) is 46.3 Å². The zero-order chi connectivity index (χ0) is 32.7. The molecule has 3 aromatic rings. The molecule has 13 heteroatoms. The fourth-order valence-electron chi connectivity index (χ4n) is 4.93. The second-order valence-electron chi connectivity index (χ2n) is 9.98. The second-order valence-corrected chi connectivity index (χ2v) is 9.98. The van der Waals surface area contributed by atoms with Gasteiger partial charge in [-0.15, -0.1) is 0 Å². The van der Waals surface area contributed by atoms with Gasteiger partial charge in [0.05, 0.1) is 52.4 Å². The van der Waals surface area contributed by atoms with Crippen molar-refractivity contribution >= 4 is 17.5 Å². The highest BCUT2D eigenvalue weighted by molar-refractivity contribution is 6.05. The van der Waals surface area contributed by atoms with Crippen molar-refractivity contribution in [3.05, 3.63) is 82.9 Å². The second kappa shape index (κ2) is 14.3. The van der Waals surface area contributed by atoms with Crippen molar-refractivity contribution < 1.29 is 46.4 Å². The third kappa shape index (κ3) is 7.48. The zero-order valence-corrected chi connectivity index (χ0v) is 25.5. The van der Waals surface area contributed by atoms with E-state index in [-0.39, 0.29) is 18.7 Å². The fourth-order valence-corrected chi connectivity index (χ4v) is 4.93. The maximum absolute atomic E-state index is 14.0. The fraction of sp³-hybridized carbons (Fsp3) is 0.344. The minimum atomic E-state index is -4.55. The molecule has 240 valence electrons. The molecule has 4 rings (SSSR count). The van der Waals surface area contributed by atoms with Gasteiger partial charge < -0.3 is 28.6 Å². The van der Waals surface area contributed by atoms with Crippen molar-refractivity contribution in [2.24, 2.45) is 5.10 Å².